The van der Waals surface area contributed by atoms with E-state index < -0.39 is 10.0 Å². The van der Waals surface area contributed by atoms with Crippen molar-refractivity contribution in [2.45, 2.75) is 18.2 Å². The molecule has 0 aliphatic heterocycles. The molecule has 2 rings (SSSR count). The zero-order valence-corrected chi connectivity index (χ0v) is 10.9. The minimum absolute atomic E-state index is 0.00296. The number of hydrogen-bond acceptors (Lipinski definition) is 5. The van der Waals surface area contributed by atoms with Crippen LogP contribution in [0.25, 0.3) is 0 Å². The van der Waals surface area contributed by atoms with Crippen molar-refractivity contribution in [2.75, 3.05) is 4.72 Å². The lowest BCUT2D eigenvalue weighted by molar-refractivity contribution is 0.0988. The summed E-state index contributed by atoms with van der Waals surface area (Å²) >= 11 is 0. The van der Waals surface area contributed by atoms with Crippen LogP contribution in [-0.4, -0.2) is 29.4 Å². The highest BCUT2D eigenvalue weighted by molar-refractivity contribution is 7.92. The van der Waals surface area contributed by atoms with Crippen molar-refractivity contribution >= 4 is 21.8 Å². The van der Waals surface area contributed by atoms with Crippen molar-refractivity contribution in [1.29, 1.82) is 0 Å². The molecule has 0 saturated carbocycles. The molecular weight excluding hydrogens is 268 g/mol. The van der Waals surface area contributed by atoms with Crippen molar-refractivity contribution in [2.24, 2.45) is 0 Å². The quantitative estimate of drug-likeness (QED) is 0.801. The number of rotatable bonds is 5. The van der Waals surface area contributed by atoms with Crippen LogP contribution >= 0.6 is 0 Å². The zero-order chi connectivity index (χ0) is 13.9. The number of hydrogen-bond donors (Lipinski definition) is 2. The fraction of sp³-hybridized carbons (Fsp3) is 0.182. The highest BCUT2D eigenvalue weighted by Gasteiger charge is 2.17. The number of benzene rings is 1. The second kappa shape index (κ2) is 5.19. The van der Waals surface area contributed by atoms with Gasteiger partial charge in [-0.15, -0.1) is 0 Å². The Bertz CT molecular complexity index is 680. The molecule has 2 aromatic rings. The molecule has 8 heteroatoms. The smallest absolute Gasteiger partial charge is 0.264 e. The normalized spacial score (nSPS) is 11.2. The Balaban J connectivity index is 2.33. The number of carbonyl (C=O) groups is 1. The Hall–Kier alpha value is -2.22. The molecule has 0 amide bonds. The maximum atomic E-state index is 12.1. The van der Waals surface area contributed by atoms with Gasteiger partial charge in [0.2, 0.25) is 5.95 Å². The van der Waals surface area contributed by atoms with E-state index in [0.717, 1.165) is 0 Å². The van der Waals surface area contributed by atoms with Crippen LogP contribution in [0.15, 0.2) is 35.5 Å². The molecule has 2 N–H and O–H groups in total. The summed E-state index contributed by atoms with van der Waals surface area (Å²) in [6.45, 7) is 1.72. The monoisotopic (exact) mass is 280 g/mol. The van der Waals surface area contributed by atoms with Gasteiger partial charge in [-0.2, -0.15) is 10.1 Å². The van der Waals surface area contributed by atoms with E-state index in [0.29, 0.717) is 12.0 Å². The number of nitrogens with one attached hydrogen (secondary N) is 2. The Kier molecular flexibility index (Phi) is 3.61. The van der Waals surface area contributed by atoms with Gasteiger partial charge in [0.15, 0.2) is 5.78 Å². The van der Waals surface area contributed by atoms with Crippen LogP contribution in [0.3, 0.4) is 0 Å². The molecule has 19 heavy (non-hydrogen) atoms. The van der Waals surface area contributed by atoms with E-state index in [1.807, 2.05) is 0 Å². The van der Waals surface area contributed by atoms with Gasteiger partial charge in [-0.1, -0.05) is 19.1 Å². The van der Waals surface area contributed by atoms with Crippen molar-refractivity contribution in [3.8, 4) is 0 Å². The van der Waals surface area contributed by atoms with Crippen LogP contribution in [0.5, 0.6) is 0 Å². The summed E-state index contributed by atoms with van der Waals surface area (Å²) in [4.78, 5) is 15.2. The van der Waals surface area contributed by atoms with Gasteiger partial charge >= 0.3 is 0 Å². The minimum Gasteiger partial charge on any atom is -0.294 e. The predicted octanol–water partition coefficient (Wildman–Crippen LogP) is 1.20. The average molecular weight is 280 g/mol. The fourth-order valence-corrected chi connectivity index (χ4v) is 2.49. The van der Waals surface area contributed by atoms with Crippen LogP contribution in [0.4, 0.5) is 5.95 Å². The number of sulfonamides is 1. The summed E-state index contributed by atoms with van der Waals surface area (Å²) < 4.78 is 26.3. The standard InChI is InChI=1S/C11H12N4O3S/c1-2-10(16)8-4-3-5-9(6-8)19(17,18)15-11-12-7-13-14-11/h3-7H,2H2,1H3,(H2,12,13,14,15). The molecule has 1 aromatic carbocycles. The van der Waals surface area contributed by atoms with E-state index in [2.05, 4.69) is 19.9 Å². The molecule has 0 bridgehead atoms. The topological polar surface area (TPSA) is 105 Å². The number of ketones is 1. The number of aromatic nitrogens is 3. The van der Waals surface area contributed by atoms with E-state index in [-0.39, 0.29) is 16.6 Å². The molecular formula is C11H12N4O3S. The van der Waals surface area contributed by atoms with Gasteiger partial charge in [0.1, 0.15) is 6.33 Å². The molecule has 0 fully saturated rings. The van der Waals surface area contributed by atoms with Gasteiger partial charge in [0.05, 0.1) is 4.90 Å². The second-order valence-corrected chi connectivity index (χ2v) is 5.43. The van der Waals surface area contributed by atoms with Gasteiger partial charge in [-0.3, -0.25) is 4.79 Å². The lowest BCUT2D eigenvalue weighted by Gasteiger charge is -2.06. The Morgan fingerprint density at radius 1 is 1.42 bits per heavy atom. The summed E-state index contributed by atoms with van der Waals surface area (Å²) in [5.41, 5.74) is 0.364. The molecule has 0 aliphatic carbocycles. The summed E-state index contributed by atoms with van der Waals surface area (Å²) in [6, 6.07) is 5.85. The van der Waals surface area contributed by atoms with Crippen LogP contribution in [0.1, 0.15) is 23.7 Å². The maximum Gasteiger partial charge on any atom is 0.264 e. The fourth-order valence-electron chi connectivity index (χ4n) is 1.48. The van der Waals surface area contributed by atoms with E-state index in [1.54, 1.807) is 13.0 Å². The first-order chi connectivity index (χ1) is 9.03. The molecule has 0 radical (unpaired) electrons. The molecule has 0 aliphatic rings. The first kappa shape index (κ1) is 13.2. The van der Waals surface area contributed by atoms with Gasteiger partial charge in [0, 0.05) is 12.0 Å². The first-order valence-corrected chi connectivity index (χ1v) is 7.02. The number of aromatic amines is 1. The Morgan fingerprint density at radius 2 is 2.21 bits per heavy atom. The maximum absolute atomic E-state index is 12.1. The van der Waals surface area contributed by atoms with Gasteiger partial charge < -0.3 is 0 Å². The summed E-state index contributed by atoms with van der Waals surface area (Å²) in [6.07, 6.45) is 1.51. The third-order valence-corrected chi connectivity index (χ3v) is 3.77. The predicted molar refractivity (Wildman–Crippen MR) is 68.3 cm³/mol. The van der Waals surface area contributed by atoms with E-state index >= 15 is 0 Å². The third kappa shape index (κ3) is 2.97. The Labute approximate surface area is 110 Å². The molecule has 0 saturated heterocycles. The van der Waals surface area contributed by atoms with Crippen molar-refractivity contribution in [3.63, 3.8) is 0 Å². The largest absolute Gasteiger partial charge is 0.294 e. The number of Topliss-reactive ketones (excluding diaryl/α,β-unsaturated/α-hetero) is 1. The number of nitrogens with zero attached hydrogens (tertiary/aromatic N) is 2. The summed E-state index contributed by atoms with van der Waals surface area (Å²) in [7, 11) is -3.78. The number of H-pyrrole nitrogens is 1. The molecule has 7 nitrogen and oxygen atoms in total. The highest BCUT2D eigenvalue weighted by Crippen LogP contribution is 2.15. The summed E-state index contributed by atoms with van der Waals surface area (Å²) in [5.74, 6) is -0.0936. The highest BCUT2D eigenvalue weighted by atomic mass is 32.2. The van der Waals surface area contributed by atoms with Crippen LogP contribution < -0.4 is 4.72 Å². The molecule has 1 aromatic heterocycles. The second-order valence-electron chi connectivity index (χ2n) is 3.74. The van der Waals surface area contributed by atoms with Gasteiger partial charge in [-0.25, -0.2) is 18.2 Å². The zero-order valence-electron chi connectivity index (χ0n) is 10.1. The molecule has 100 valence electrons. The van der Waals surface area contributed by atoms with Crippen molar-refractivity contribution in [1.82, 2.24) is 15.2 Å². The van der Waals surface area contributed by atoms with E-state index in [9.17, 15) is 13.2 Å². The number of anilines is 1. The van der Waals surface area contributed by atoms with Crippen LogP contribution in [-0.2, 0) is 10.0 Å². The van der Waals surface area contributed by atoms with E-state index in [4.69, 9.17) is 0 Å². The number of carbonyl (C=O) groups excluding carboxylic acids is 1. The lowest BCUT2D eigenvalue weighted by Crippen LogP contribution is -2.14. The summed E-state index contributed by atoms with van der Waals surface area (Å²) in [5, 5.41) is 5.94. The lowest BCUT2D eigenvalue weighted by atomic mass is 10.1. The molecule has 0 atom stereocenters. The SMILES string of the molecule is CCC(=O)c1cccc(S(=O)(=O)Nc2ncn[nH]2)c1. The minimum atomic E-state index is -3.78. The first-order valence-electron chi connectivity index (χ1n) is 5.54. The van der Waals surface area contributed by atoms with Crippen molar-refractivity contribution < 1.29 is 13.2 Å². The average Bonchev–Trinajstić information content (AvgIpc) is 2.90. The van der Waals surface area contributed by atoms with E-state index in [1.165, 1.54) is 24.5 Å². The van der Waals surface area contributed by atoms with Crippen LogP contribution in [0.2, 0.25) is 0 Å². The Morgan fingerprint density at radius 3 is 2.84 bits per heavy atom. The van der Waals surface area contributed by atoms with Crippen LogP contribution in [0, 0.1) is 0 Å². The molecule has 0 spiro atoms. The third-order valence-electron chi connectivity index (χ3n) is 2.43. The van der Waals surface area contributed by atoms with Gasteiger partial charge in [-0.05, 0) is 12.1 Å². The molecule has 0 unspecified atom stereocenters. The molecule has 1 heterocycles. The van der Waals surface area contributed by atoms with Crippen molar-refractivity contribution in [3.05, 3.63) is 36.2 Å². The van der Waals surface area contributed by atoms with Gasteiger partial charge in [0.25, 0.3) is 10.0 Å².